The van der Waals surface area contributed by atoms with Gasteiger partial charge < -0.3 is 9.84 Å². The summed E-state index contributed by atoms with van der Waals surface area (Å²) in [4.78, 5) is 10.7. The Bertz CT molecular complexity index is 396. The molecule has 19 heavy (non-hydrogen) atoms. The van der Waals surface area contributed by atoms with Gasteiger partial charge in [0.15, 0.2) is 0 Å². The molecule has 1 rings (SSSR count). The maximum atomic E-state index is 10.7. The average molecular weight is 262 g/mol. The summed E-state index contributed by atoms with van der Waals surface area (Å²) >= 11 is 0. The van der Waals surface area contributed by atoms with Crippen molar-refractivity contribution in [1.29, 1.82) is 0 Å². The fourth-order valence-electron chi connectivity index (χ4n) is 1.00. The number of ether oxygens (including phenoxy) is 1. The topological polar surface area (TPSA) is 46.5 Å². The molecule has 0 aliphatic rings. The van der Waals surface area contributed by atoms with Crippen LogP contribution in [-0.2, 0) is 9.53 Å². The van der Waals surface area contributed by atoms with Crippen LogP contribution in [0.15, 0.2) is 49.1 Å². The van der Waals surface area contributed by atoms with E-state index >= 15 is 0 Å². The first-order valence-corrected chi connectivity index (χ1v) is 6.19. The predicted octanol–water partition coefficient (Wildman–Crippen LogP) is 3.21. The van der Waals surface area contributed by atoms with Crippen LogP contribution in [0.5, 0.6) is 0 Å². The van der Waals surface area contributed by atoms with Crippen molar-refractivity contribution in [2.24, 2.45) is 0 Å². The van der Waals surface area contributed by atoms with Gasteiger partial charge in [-0.15, -0.1) is 0 Å². The molecule has 0 heterocycles. The molecule has 1 unspecified atom stereocenters. The van der Waals surface area contributed by atoms with E-state index in [4.69, 9.17) is 5.11 Å². The summed E-state index contributed by atoms with van der Waals surface area (Å²) in [6.45, 7) is 10.5. The summed E-state index contributed by atoms with van der Waals surface area (Å²) in [7, 11) is 0. The first-order chi connectivity index (χ1) is 9.01. The zero-order chi connectivity index (χ0) is 14.7. The van der Waals surface area contributed by atoms with Crippen LogP contribution >= 0.6 is 0 Å². The summed E-state index contributed by atoms with van der Waals surface area (Å²) in [6, 6.07) is 10.0. The van der Waals surface area contributed by atoms with E-state index in [1.165, 1.54) is 5.56 Å². The molecule has 0 aliphatic heterocycles. The number of carbonyl (C=O) groups is 1. The molecular weight excluding hydrogens is 240 g/mol. The van der Waals surface area contributed by atoms with Gasteiger partial charge in [0, 0.05) is 5.57 Å². The maximum absolute atomic E-state index is 10.7. The van der Waals surface area contributed by atoms with Crippen LogP contribution in [0.2, 0.25) is 0 Å². The molecule has 0 saturated carbocycles. The highest BCUT2D eigenvalue weighted by Crippen LogP contribution is 1.97. The second-order valence-corrected chi connectivity index (χ2v) is 4.06. The highest BCUT2D eigenvalue weighted by Gasteiger charge is 2.06. The van der Waals surface area contributed by atoms with Gasteiger partial charge in [0.05, 0.1) is 6.10 Å². The Kier molecular flexibility index (Phi) is 9.10. The van der Waals surface area contributed by atoms with Crippen molar-refractivity contribution in [3.05, 3.63) is 54.6 Å². The van der Waals surface area contributed by atoms with Gasteiger partial charge in [-0.25, -0.2) is 4.79 Å². The Morgan fingerprint density at radius 3 is 2.37 bits per heavy atom. The molecule has 0 aromatic heterocycles. The second-order valence-electron chi connectivity index (χ2n) is 4.06. The van der Waals surface area contributed by atoms with Gasteiger partial charge in [-0.2, -0.15) is 0 Å². The number of rotatable bonds is 5. The molecule has 3 nitrogen and oxygen atoms in total. The SMILES string of the molecule is C=C(C)C(=O)OCC(O)CC.C=Cc1ccccc1. The van der Waals surface area contributed by atoms with Crippen molar-refractivity contribution in [2.75, 3.05) is 6.61 Å². The van der Waals surface area contributed by atoms with Gasteiger partial charge in [-0.3, -0.25) is 0 Å². The summed E-state index contributed by atoms with van der Waals surface area (Å²) in [6.07, 6.45) is 1.86. The Hall–Kier alpha value is -1.87. The molecule has 1 N–H and O–H groups in total. The second kappa shape index (κ2) is 10.1. The lowest BCUT2D eigenvalue weighted by Crippen LogP contribution is -2.17. The van der Waals surface area contributed by atoms with E-state index in [2.05, 4.69) is 17.9 Å². The van der Waals surface area contributed by atoms with Crippen LogP contribution in [0, 0.1) is 0 Å². The molecular formula is C16H22O3. The average Bonchev–Trinajstić information content (AvgIpc) is 2.45. The van der Waals surface area contributed by atoms with E-state index in [1.807, 2.05) is 43.3 Å². The minimum Gasteiger partial charge on any atom is -0.460 e. The van der Waals surface area contributed by atoms with Crippen LogP contribution in [0.4, 0.5) is 0 Å². The molecule has 1 atom stereocenters. The number of esters is 1. The van der Waals surface area contributed by atoms with E-state index < -0.39 is 12.1 Å². The third-order valence-electron chi connectivity index (χ3n) is 2.26. The highest BCUT2D eigenvalue weighted by molar-refractivity contribution is 5.86. The van der Waals surface area contributed by atoms with Crippen molar-refractivity contribution in [3.63, 3.8) is 0 Å². The number of hydrogen-bond acceptors (Lipinski definition) is 3. The fourth-order valence-corrected chi connectivity index (χ4v) is 1.00. The van der Waals surface area contributed by atoms with Crippen LogP contribution in [0.25, 0.3) is 6.08 Å². The maximum Gasteiger partial charge on any atom is 0.333 e. The van der Waals surface area contributed by atoms with Crippen molar-refractivity contribution < 1.29 is 14.6 Å². The molecule has 0 amide bonds. The molecule has 0 aliphatic carbocycles. The van der Waals surface area contributed by atoms with Gasteiger partial charge in [-0.05, 0) is 18.9 Å². The van der Waals surface area contributed by atoms with Gasteiger partial charge in [-0.1, -0.05) is 56.5 Å². The zero-order valence-electron chi connectivity index (χ0n) is 11.6. The van der Waals surface area contributed by atoms with Crippen LogP contribution in [0.3, 0.4) is 0 Å². The zero-order valence-corrected chi connectivity index (χ0v) is 11.6. The normalized spacial score (nSPS) is 10.7. The molecule has 1 aromatic carbocycles. The lowest BCUT2D eigenvalue weighted by molar-refractivity contribution is -0.141. The van der Waals surface area contributed by atoms with E-state index in [0.717, 1.165) is 0 Å². The van der Waals surface area contributed by atoms with Crippen molar-refractivity contribution in [2.45, 2.75) is 26.4 Å². The van der Waals surface area contributed by atoms with E-state index in [0.29, 0.717) is 12.0 Å². The molecule has 0 fully saturated rings. The Morgan fingerprint density at radius 2 is 2.00 bits per heavy atom. The smallest absolute Gasteiger partial charge is 0.333 e. The number of aliphatic hydroxyl groups is 1. The monoisotopic (exact) mass is 262 g/mol. The van der Waals surface area contributed by atoms with E-state index in [9.17, 15) is 4.79 Å². The number of carbonyl (C=O) groups excluding carboxylic acids is 1. The molecule has 3 heteroatoms. The standard InChI is InChI=1S/C8H14O3.C8H8/c1-4-7(9)5-11-8(10)6(2)3;1-2-8-6-4-3-5-7-8/h7,9H,2,4-5H2,1,3H3;2-7H,1H2. The summed E-state index contributed by atoms with van der Waals surface area (Å²) < 4.78 is 4.67. The predicted molar refractivity (Wildman–Crippen MR) is 78.6 cm³/mol. The lowest BCUT2D eigenvalue weighted by Gasteiger charge is -2.07. The minimum absolute atomic E-state index is 0.0577. The Labute approximate surface area is 115 Å². The van der Waals surface area contributed by atoms with E-state index in [-0.39, 0.29) is 6.61 Å². The van der Waals surface area contributed by atoms with Crippen LogP contribution < -0.4 is 0 Å². The summed E-state index contributed by atoms with van der Waals surface area (Å²) in [5.41, 5.74) is 1.53. The third kappa shape index (κ3) is 8.80. The largest absolute Gasteiger partial charge is 0.460 e. The van der Waals surface area contributed by atoms with Crippen LogP contribution in [-0.4, -0.2) is 23.8 Å². The lowest BCUT2D eigenvalue weighted by atomic mass is 10.2. The molecule has 0 spiro atoms. The van der Waals surface area contributed by atoms with Gasteiger partial charge in [0.2, 0.25) is 0 Å². The van der Waals surface area contributed by atoms with E-state index in [1.54, 1.807) is 6.92 Å². The van der Waals surface area contributed by atoms with Gasteiger partial charge in [0.25, 0.3) is 0 Å². The Morgan fingerprint density at radius 1 is 1.42 bits per heavy atom. The number of hydrogen-bond donors (Lipinski definition) is 1. The molecule has 0 radical (unpaired) electrons. The van der Waals surface area contributed by atoms with Crippen LogP contribution in [0.1, 0.15) is 25.8 Å². The fraction of sp³-hybridized carbons (Fsp3) is 0.312. The summed E-state index contributed by atoms with van der Waals surface area (Å²) in [5.74, 6) is -0.447. The number of aliphatic hydroxyl groups excluding tert-OH is 1. The summed E-state index contributed by atoms with van der Waals surface area (Å²) in [5, 5.41) is 8.98. The first kappa shape index (κ1) is 17.1. The number of benzene rings is 1. The molecule has 0 bridgehead atoms. The Balaban J connectivity index is 0.000000356. The highest BCUT2D eigenvalue weighted by atomic mass is 16.5. The molecule has 1 aromatic rings. The van der Waals surface area contributed by atoms with Crippen molar-refractivity contribution in [1.82, 2.24) is 0 Å². The van der Waals surface area contributed by atoms with Crippen molar-refractivity contribution in [3.8, 4) is 0 Å². The molecule has 0 saturated heterocycles. The van der Waals surface area contributed by atoms with Gasteiger partial charge >= 0.3 is 5.97 Å². The third-order valence-corrected chi connectivity index (χ3v) is 2.26. The first-order valence-electron chi connectivity index (χ1n) is 6.19. The van der Waals surface area contributed by atoms with Gasteiger partial charge in [0.1, 0.15) is 6.61 Å². The van der Waals surface area contributed by atoms with Crippen molar-refractivity contribution >= 4 is 12.0 Å². The molecule has 104 valence electrons. The quantitative estimate of drug-likeness (QED) is 0.654. The minimum atomic E-state index is -0.557.